The number of hydrogen-bond donors (Lipinski definition) is 2. The maximum Gasteiger partial charge on any atom is 0.310 e. The molecule has 1 aliphatic carbocycles. The van der Waals surface area contributed by atoms with Gasteiger partial charge in [0.1, 0.15) is 28.8 Å². The normalized spacial score (nSPS) is 16.4. The minimum absolute atomic E-state index is 0.150. The summed E-state index contributed by atoms with van der Waals surface area (Å²) in [6.45, 7) is 7.03. The highest BCUT2D eigenvalue weighted by atomic mass is 19.1. The van der Waals surface area contributed by atoms with Crippen LogP contribution in [0.25, 0.3) is 11.0 Å². The molecule has 0 bridgehead atoms. The molecule has 2 N–H and O–H groups in total. The number of esters is 1. The third-order valence-electron chi connectivity index (χ3n) is 6.64. The van der Waals surface area contributed by atoms with Gasteiger partial charge in [-0.25, -0.2) is 9.37 Å². The van der Waals surface area contributed by atoms with Gasteiger partial charge in [-0.2, -0.15) is 0 Å². The van der Waals surface area contributed by atoms with Crippen LogP contribution in [-0.4, -0.2) is 32.6 Å². The van der Waals surface area contributed by atoms with Gasteiger partial charge >= 0.3 is 5.97 Å². The fourth-order valence-corrected chi connectivity index (χ4v) is 4.88. The molecule has 1 saturated carbocycles. The Morgan fingerprint density at radius 3 is 2.53 bits per heavy atom. The molecule has 194 valence electrons. The number of H-pyrrole nitrogens is 1. The van der Waals surface area contributed by atoms with Crippen molar-refractivity contribution in [2.45, 2.75) is 90.7 Å². The monoisotopic (exact) mass is 498 g/mol. The van der Waals surface area contributed by atoms with Crippen LogP contribution in [0.3, 0.4) is 0 Å². The van der Waals surface area contributed by atoms with E-state index in [0.717, 1.165) is 38.5 Å². The number of carbonyl (C=O) groups is 2. The molecule has 1 amide bonds. The van der Waals surface area contributed by atoms with Crippen LogP contribution in [0.2, 0.25) is 0 Å². The minimum Gasteiger partial charge on any atom is -0.460 e. The third kappa shape index (κ3) is 6.12. The van der Waals surface area contributed by atoms with Crippen molar-refractivity contribution in [3.8, 4) is 0 Å². The molecule has 2 heterocycles. The quantitative estimate of drug-likeness (QED) is 0.421. The van der Waals surface area contributed by atoms with Crippen LogP contribution in [0.5, 0.6) is 0 Å². The summed E-state index contributed by atoms with van der Waals surface area (Å²) in [7, 11) is 0. The van der Waals surface area contributed by atoms with E-state index < -0.39 is 23.4 Å². The average molecular weight is 499 g/mol. The van der Waals surface area contributed by atoms with Gasteiger partial charge in [-0.05, 0) is 52.5 Å². The Morgan fingerprint density at radius 2 is 1.89 bits per heavy atom. The lowest BCUT2D eigenvalue weighted by Gasteiger charge is -2.28. The smallest absolute Gasteiger partial charge is 0.310 e. The minimum atomic E-state index is -0.650. The van der Waals surface area contributed by atoms with Gasteiger partial charge in [0.2, 0.25) is 0 Å². The molecule has 1 fully saturated rings. The molecule has 0 saturated heterocycles. The van der Waals surface area contributed by atoms with Gasteiger partial charge in [0.05, 0.1) is 23.7 Å². The zero-order valence-corrected chi connectivity index (χ0v) is 21.4. The predicted octanol–water partition coefficient (Wildman–Crippen LogP) is 5.71. The lowest BCUT2D eigenvalue weighted by molar-refractivity contribution is -0.153. The lowest BCUT2D eigenvalue weighted by atomic mass is 9.85. The number of carbonyl (C=O) groups excluding carboxylic acids is 2. The first kappa shape index (κ1) is 25.9. The van der Waals surface area contributed by atoms with Crippen LogP contribution in [-0.2, 0) is 16.0 Å². The maximum atomic E-state index is 15.4. The van der Waals surface area contributed by atoms with Crippen LogP contribution >= 0.6 is 0 Å². The van der Waals surface area contributed by atoms with E-state index in [4.69, 9.17) is 9.26 Å². The number of imidazole rings is 1. The topological polar surface area (TPSA) is 110 Å². The number of aryl methyl sites for hydroxylation is 1. The number of aromatic nitrogens is 3. The highest BCUT2D eigenvalue weighted by Crippen LogP contribution is 2.34. The Morgan fingerprint density at radius 1 is 1.19 bits per heavy atom. The summed E-state index contributed by atoms with van der Waals surface area (Å²) in [5, 5.41) is 6.93. The summed E-state index contributed by atoms with van der Waals surface area (Å²) >= 11 is 0. The molecular weight excluding hydrogens is 463 g/mol. The van der Waals surface area contributed by atoms with Gasteiger partial charge in [0.25, 0.3) is 5.91 Å². The molecule has 4 rings (SSSR count). The van der Waals surface area contributed by atoms with Crippen molar-refractivity contribution in [1.82, 2.24) is 20.4 Å². The number of rotatable bonds is 6. The van der Waals surface area contributed by atoms with Gasteiger partial charge in [-0.15, -0.1) is 0 Å². The van der Waals surface area contributed by atoms with Gasteiger partial charge in [-0.1, -0.05) is 43.3 Å². The number of amides is 1. The van der Waals surface area contributed by atoms with E-state index in [0.29, 0.717) is 22.6 Å². The van der Waals surface area contributed by atoms with Gasteiger partial charge in [0.15, 0.2) is 5.82 Å². The van der Waals surface area contributed by atoms with Crippen molar-refractivity contribution in [2.24, 2.45) is 5.92 Å². The van der Waals surface area contributed by atoms with E-state index in [1.165, 1.54) is 12.7 Å². The SMILES string of the molecule is Cc1nocc1C(=O)NC(c1nc2c(F)c(CC(=O)OC(C)(C)C)ccc2[nH]1)C1CCCCCCC1. The van der Waals surface area contributed by atoms with Crippen molar-refractivity contribution in [1.29, 1.82) is 0 Å². The zero-order valence-electron chi connectivity index (χ0n) is 21.4. The van der Waals surface area contributed by atoms with Gasteiger partial charge in [0, 0.05) is 5.56 Å². The first-order valence-electron chi connectivity index (χ1n) is 12.7. The van der Waals surface area contributed by atoms with Crippen LogP contribution < -0.4 is 5.32 Å². The van der Waals surface area contributed by atoms with Crippen molar-refractivity contribution >= 4 is 22.9 Å². The number of ether oxygens (including phenoxy) is 1. The number of aromatic amines is 1. The van der Waals surface area contributed by atoms with Crippen molar-refractivity contribution in [3.05, 3.63) is 46.9 Å². The number of nitrogens with zero attached hydrogens (tertiary/aromatic N) is 2. The average Bonchev–Trinajstić information content (AvgIpc) is 3.39. The Kier molecular flexibility index (Phi) is 7.76. The Labute approximate surface area is 210 Å². The first-order valence-corrected chi connectivity index (χ1v) is 12.7. The molecule has 8 nitrogen and oxygen atoms in total. The van der Waals surface area contributed by atoms with Crippen molar-refractivity contribution < 1.29 is 23.2 Å². The second kappa shape index (κ2) is 10.8. The molecule has 36 heavy (non-hydrogen) atoms. The summed E-state index contributed by atoms with van der Waals surface area (Å²) in [6.07, 6.45) is 8.71. The van der Waals surface area contributed by atoms with Crippen molar-refractivity contribution in [2.75, 3.05) is 0 Å². The number of benzene rings is 1. The van der Waals surface area contributed by atoms with Crippen molar-refractivity contribution in [3.63, 3.8) is 0 Å². The standard InChI is InChI=1S/C27H35FN4O4/c1-16-19(15-35-32-16)26(34)31-23(17-10-8-6-5-7-9-11-17)25-29-20-13-12-18(22(28)24(20)30-25)14-21(33)36-27(2,3)4/h12-13,15,17,23H,5-11,14H2,1-4H3,(H,29,30)(H,31,34). The van der Waals surface area contributed by atoms with E-state index in [1.807, 2.05) is 0 Å². The van der Waals surface area contributed by atoms with Gasteiger partial charge < -0.3 is 19.6 Å². The molecule has 0 aliphatic heterocycles. The van der Waals surface area contributed by atoms with E-state index in [1.54, 1.807) is 39.8 Å². The second-order valence-electron chi connectivity index (χ2n) is 10.7. The lowest BCUT2D eigenvalue weighted by Crippen LogP contribution is -2.35. The van der Waals surface area contributed by atoms with E-state index in [2.05, 4.69) is 20.4 Å². The summed E-state index contributed by atoms with van der Waals surface area (Å²) in [4.78, 5) is 33.2. The summed E-state index contributed by atoms with van der Waals surface area (Å²) in [5.41, 5.74) is 1.11. The van der Waals surface area contributed by atoms with Crippen LogP contribution in [0.4, 0.5) is 4.39 Å². The van der Waals surface area contributed by atoms with Crippen LogP contribution in [0, 0.1) is 18.7 Å². The molecule has 1 atom stereocenters. The Bertz CT molecular complexity index is 1220. The third-order valence-corrected chi connectivity index (χ3v) is 6.64. The number of nitrogens with one attached hydrogen (secondary N) is 2. The number of hydrogen-bond acceptors (Lipinski definition) is 6. The first-order chi connectivity index (χ1) is 17.1. The summed E-state index contributed by atoms with van der Waals surface area (Å²) in [5.74, 6) is -0.697. The zero-order chi connectivity index (χ0) is 25.9. The Balaban J connectivity index is 1.65. The highest BCUT2D eigenvalue weighted by molar-refractivity contribution is 5.95. The second-order valence-corrected chi connectivity index (χ2v) is 10.7. The fraction of sp³-hybridized carbons (Fsp3) is 0.556. The number of fused-ring (bicyclic) bond motifs is 1. The largest absolute Gasteiger partial charge is 0.460 e. The molecule has 3 aromatic rings. The molecule has 0 radical (unpaired) electrons. The van der Waals surface area contributed by atoms with E-state index >= 15 is 4.39 Å². The summed E-state index contributed by atoms with van der Waals surface area (Å²) < 4.78 is 25.7. The molecular formula is C27H35FN4O4. The molecule has 0 spiro atoms. The predicted molar refractivity (Wildman–Crippen MR) is 133 cm³/mol. The van der Waals surface area contributed by atoms with Gasteiger partial charge in [-0.3, -0.25) is 9.59 Å². The van der Waals surface area contributed by atoms with Crippen LogP contribution in [0.1, 0.15) is 99.2 Å². The van der Waals surface area contributed by atoms with Crippen LogP contribution in [0.15, 0.2) is 22.9 Å². The molecule has 2 aromatic heterocycles. The summed E-state index contributed by atoms with van der Waals surface area (Å²) in [6, 6.07) is 2.87. The molecule has 9 heteroatoms. The van der Waals surface area contributed by atoms with E-state index in [9.17, 15) is 9.59 Å². The fourth-order valence-electron chi connectivity index (χ4n) is 4.88. The van der Waals surface area contributed by atoms with E-state index in [-0.39, 0.29) is 29.3 Å². The number of halogens is 1. The maximum absolute atomic E-state index is 15.4. The molecule has 1 aliphatic rings. The molecule has 1 aromatic carbocycles. The highest BCUT2D eigenvalue weighted by Gasteiger charge is 2.30. The Hall–Kier alpha value is -3.23. The molecule has 1 unspecified atom stereocenters.